The number of carbonyl (C=O) groups is 2. The van der Waals surface area contributed by atoms with E-state index in [1.165, 1.54) is 4.90 Å². The van der Waals surface area contributed by atoms with Gasteiger partial charge in [-0.05, 0) is 25.7 Å². The lowest BCUT2D eigenvalue weighted by Gasteiger charge is -2.46. The van der Waals surface area contributed by atoms with Crippen LogP contribution in [0.5, 0.6) is 0 Å². The maximum absolute atomic E-state index is 12.2. The average molecular weight is 227 g/mol. The molecule has 5 heteroatoms. The van der Waals surface area contributed by atoms with Crippen molar-refractivity contribution in [3.05, 3.63) is 0 Å². The highest BCUT2D eigenvalue weighted by Gasteiger charge is 2.48. The van der Waals surface area contributed by atoms with Crippen molar-refractivity contribution in [2.45, 2.75) is 26.7 Å². The van der Waals surface area contributed by atoms with Gasteiger partial charge in [-0.2, -0.15) is 0 Å². The van der Waals surface area contributed by atoms with Crippen LogP contribution in [0, 0.1) is 11.3 Å². The monoisotopic (exact) mass is 227 g/mol. The first kappa shape index (κ1) is 13.0. The predicted molar refractivity (Wildman–Crippen MR) is 61.3 cm³/mol. The summed E-state index contributed by atoms with van der Waals surface area (Å²) in [6.07, 6.45) is 1.63. The predicted octanol–water partition coefficient (Wildman–Crippen LogP) is -0.305. The Bertz CT molecular complexity index is 285. The molecule has 0 aromatic carbocycles. The van der Waals surface area contributed by atoms with Crippen molar-refractivity contribution in [1.29, 1.82) is 0 Å². The molecule has 0 aromatic rings. The Morgan fingerprint density at radius 1 is 1.44 bits per heavy atom. The van der Waals surface area contributed by atoms with Crippen molar-refractivity contribution >= 4 is 11.8 Å². The van der Waals surface area contributed by atoms with Crippen LogP contribution in [0.15, 0.2) is 0 Å². The van der Waals surface area contributed by atoms with Gasteiger partial charge >= 0.3 is 0 Å². The van der Waals surface area contributed by atoms with Crippen LogP contribution in [0.4, 0.5) is 0 Å². The first-order chi connectivity index (χ1) is 7.45. The molecule has 1 aliphatic rings. The van der Waals surface area contributed by atoms with Crippen LogP contribution in [0.2, 0.25) is 0 Å². The third-order valence-corrected chi connectivity index (χ3v) is 3.34. The zero-order valence-electron chi connectivity index (χ0n) is 10.0. The van der Waals surface area contributed by atoms with Gasteiger partial charge in [0.05, 0.1) is 12.0 Å². The minimum Gasteiger partial charge on any atom is -0.368 e. The van der Waals surface area contributed by atoms with Crippen LogP contribution in [0.3, 0.4) is 0 Å². The Morgan fingerprint density at radius 2 is 2.00 bits per heavy atom. The Labute approximate surface area is 96.1 Å². The maximum Gasteiger partial charge on any atom is 0.237 e. The van der Waals surface area contributed by atoms with E-state index in [1.54, 1.807) is 0 Å². The normalized spacial score (nSPS) is 28.3. The minimum absolute atomic E-state index is 0.00847. The van der Waals surface area contributed by atoms with E-state index < -0.39 is 11.3 Å². The zero-order valence-corrected chi connectivity index (χ0v) is 10.0. The van der Waals surface area contributed by atoms with Crippen molar-refractivity contribution in [3.8, 4) is 0 Å². The van der Waals surface area contributed by atoms with E-state index in [4.69, 9.17) is 11.5 Å². The smallest absolute Gasteiger partial charge is 0.237 e. The first-order valence-electron chi connectivity index (χ1n) is 5.73. The summed E-state index contributed by atoms with van der Waals surface area (Å²) in [5.41, 5.74) is 10.4. The van der Waals surface area contributed by atoms with Crippen molar-refractivity contribution in [2.24, 2.45) is 22.8 Å². The second kappa shape index (κ2) is 4.82. The van der Waals surface area contributed by atoms with Crippen LogP contribution in [-0.4, -0.2) is 36.3 Å². The van der Waals surface area contributed by atoms with Crippen LogP contribution in [-0.2, 0) is 9.59 Å². The number of carbonyl (C=O) groups excluding carboxylic acids is 2. The fourth-order valence-corrected chi connectivity index (χ4v) is 2.55. The van der Waals surface area contributed by atoms with Crippen molar-refractivity contribution in [2.75, 3.05) is 19.6 Å². The van der Waals surface area contributed by atoms with Gasteiger partial charge in [-0.25, -0.2) is 0 Å². The molecule has 1 rings (SSSR count). The van der Waals surface area contributed by atoms with Crippen LogP contribution in [0.1, 0.15) is 26.7 Å². The molecule has 0 aromatic heterocycles. The number of nitrogens with two attached hydrogens (primary N) is 2. The molecule has 2 amide bonds. The van der Waals surface area contributed by atoms with Gasteiger partial charge in [-0.1, -0.05) is 6.92 Å². The van der Waals surface area contributed by atoms with Gasteiger partial charge in [-0.3, -0.25) is 9.59 Å². The number of rotatable bonds is 5. The molecule has 0 bridgehead atoms. The fourth-order valence-electron chi connectivity index (χ4n) is 2.55. The topological polar surface area (TPSA) is 89.4 Å². The van der Waals surface area contributed by atoms with E-state index in [9.17, 15) is 9.59 Å². The van der Waals surface area contributed by atoms with Crippen LogP contribution in [0.25, 0.3) is 0 Å². The van der Waals surface area contributed by atoms with Gasteiger partial charge in [0, 0.05) is 13.1 Å². The number of primary amides is 1. The number of nitrogens with zero attached hydrogens (tertiary/aromatic N) is 1. The summed E-state index contributed by atoms with van der Waals surface area (Å²) < 4.78 is 0. The van der Waals surface area contributed by atoms with Crippen molar-refractivity contribution in [3.63, 3.8) is 0 Å². The van der Waals surface area contributed by atoms with Gasteiger partial charge in [-0.15, -0.1) is 0 Å². The van der Waals surface area contributed by atoms with Gasteiger partial charge in [0.25, 0.3) is 0 Å². The van der Waals surface area contributed by atoms with Crippen LogP contribution >= 0.6 is 0 Å². The summed E-state index contributed by atoms with van der Waals surface area (Å²) >= 11 is 0. The summed E-state index contributed by atoms with van der Waals surface area (Å²) in [6.45, 7) is 4.79. The van der Waals surface area contributed by atoms with E-state index in [0.717, 1.165) is 12.8 Å². The molecule has 0 aliphatic heterocycles. The number of hydrogen-bond donors (Lipinski definition) is 2. The number of likely N-dealkylation sites (N-methyl/N-ethyl adjacent to an activating group) is 1. The zero-order chi connectivity index (χ0) is 12.3. The fraction of sp³-hybridized carbons (Fsp3) is 0.818. The molecule has 0 saturated heterocycles. The molecule has 0 atom stereocenters. The Morgan fingerprint density at radius 3 is 2.31 bits per heavy atom. The Hall–Kier alpha value is -1.10. The first-order valence-corrected chi connectivity index (χ1v) is 5.73. The second-order valence-electron chi connectivity index (χ2n) is 4.78. The van der Waals surface area contributed by atoms with Gasteiger partial charge in [0.2, 0.25) is 11.8 Å². The molecule has 1 saturated carbocycles. The quantitative estimate of drug-likeness (QED) is 0.675. The summed E-state index contributed by atoms with van der Waals surface area (Å²) in [4.78, 5) is 24.6. The number of amides is 2. The summed E-state index contributed by atoms with van der Waals surface area (Å²) in [6, 6.07) is 0. The lowest BCUT2D eigenvalue weighted by atomic mass is 9.62. The minimum atomic E-state index is -0.477. The highest BCUT2D eigenvalue weighted by atomic mass is 16.2. The molecule has 0 spiro atoms. The lowest BCUT2D eigenvalue weighted by molar-refractivity contribution is -0.151. The molecule has 5 nitrogen and oxygen atoms in total. The SMILES string of the molecule is CCN(CC(N)=O)C(=O)C1(CN)CC(C)C1. The van der Waals surface area contributed by atoms with Crippen LogP contribution < -0.4 is 11.5 Å². The summed E-state index contributed by atoms with van der Waals surface area (Å²) in [5.74, 6) is 0.0453. The molecule has 1 fully saturated rings. The second-order valence-corrected chi connectivity index (χ2v) is 4.78. The molecule has 4 N–H and O–H groups in total. The summed E-state index contributed by atoms with van der Waals surface area (Å²) in [7, 11) is 0. The van der Waals surface area contributed by atoms with E-state index in [-0.39, 0.29) is 12.5 Å². The molecule has 16 heavy (non-hydrogen) atoms. The highest BCUT2D eigenvalue weighted by molar-refractivity contribution is 5.88. The Balaban J connectivity index is 2.70. The third kappa shape index (κ3) is 2.35. The molecule has 0 heterocycles. The van der Waals surface area contributed by atoms with Gasteiger partial charge in [0.1, 0.15) is 0 Å². The molecule has 0 unspecified atom stereocenters. The maximum atomic E-state index is 12.2. The Kier molecular flexibility index (Phi) is 3.91. The molecule has 0 radical (unpaired) electrons. The van der Waals surface area contributed by atoms with E-state index in [1.807, 2.05) is 6.92 Å². The number of hydrogen-bond acceptors (Lipinski definition) is 3. The molecule has 92 valence electrons. The van der Waals surface area contributed by atoms with Crippen molar-refractivity contribution in [1.82, 2.24) is 4.90 Å². The van der Waals surface area contributed by atoms with E-state index in [2.05, 4.69) is 6.92 Å². The van der Waals surface area contributed by atoms with Crippen molar-refractivity contribution < 1.29 is 9.59 Å². The highest BCUT2D eigenvalue weighted by Crippen LogP contribution is 2.45. The average Bonchev–Trinajstić information content (AvgIpc) is 2.19. The lowest BCUT2D eigenvalue weighted by Crippen LogP contribution is -2.55. The van der Waals surface area contributed by atoms with Gasteiger partial charge < -0.3 is 16.4 Å². The molecular formula is C11H21N3O2. The van der Waals surface area contributed by atoms with Gasteiger partial charge in [0.15, 0.2) is 0 Å². The standard InChI is InChI=1S/C11H21N3O2/c1-3-14(6-9(13)15)10(16)11(7-12)4-8(2)5-11/h8H,3-7,12H2,1-2H3,(H2,13,15). The molecule has 1 aliphatic carbocycles. The largest absolute Gasteiger partial charge is 0.368 e. The molecular weight excluding hydrogens is 206 g/mol. The summed E-state index contributed by atoms with van der Waals surface area (Å²) in [5, 5.41) is 0. The van der Waals surface area contributed by atoms with E-state index >= 15 is 0 Å². The van der Waals surface area contributed by atoms with E-state index in [0.29, 0.717) is 19.0 Å². The third-order valence-electron chi connectivity index (χ3n) is 3.34.